The molecule has 4 rings (SSSR count). The van der Waals surface area contributed by atoms with E-state index in [-0.39, 0.29) is 30.5 Å². The van der Waals surface area contributed by atoms with Crippen LogP contribution in [-0.2, 0) is 9.59 Å². The van der Waals surface area contributed by atoms with Crippen LogP contribution >= 0.6 is 0 Å². The summed E-state index contributed by atoms with van der Waals surface area (Å²) in [7, 11) is 1.56. The Labute approximate surface area is 160 Å². The number of amides is 2. The Morgan fingerprint density at radius 1 is 1.14 bits per heavy atom. The first kappa shape index (κ1) is 17.8. The van der Waals surface area contributed by atoms with E-state index in [1.54, 1.807) is 30.2 Å². The number of carbonyl (C=O) groups excluding carboxylic acids is 2. The number of ether oxygens (including phenoxy) is 1. The molecule has 1 saturated heterocycles. The van der Waals surface area contributed by atoms with Crippen molar-refractivity contribution in [2.24, 2.45) is 5.92 Å². The number of benzene rings is 2. The molecule has 0 bridgehead atoms. The molecule has 0 aliphatic carbocycles. The molecule has 1 aliphatic heterocycles. The molecule has 0 saturated carbocycles. The van der Waals surface area contributed by atoms with E-state index in [0.29, 0.717) is 28.2 Å². The van der Waals surface area contributed by atoms with Crippen LogP contribution in [0.2, 0.25) is 0 Å². The number of aromatic amines is 2. The van der Waals surface area contributed by atoms with Crippen LogP contribution in [0, 0.1) is 12.8 Å². The molecule has 8 heteroatoms. The molecule has 1 aromatic heterocycles. The highest BCUT2D eigenvalue weighted by Crippen LogP contribution is 2.34. The van der Waals surface area contributed by atoms with Crippen LogP contribution in [0.4, 0.5) is 11.4 Å². The zero-order valence-electron chi connectivity index (χ0n) is 15.5. The van der Waals surface area contributed by atoms with E-state index >= 15 is 0 Å². The number of hydrogen-bond donors (Lipinski definition) is 3. The van der Waals surface area contributed by atoms with Crippen LogP contribution in [0.1, 0.15) is 12.0 Å². The van der Waals surface area contributed by atoms with Crippen molar-refractivity contribution in [3.63, 3.8) is 0 Å². The lowest BCUT2D eigenvalue weighted by Gasteiger charge is -2.20. The number of carbonyl (C=O) groups is 2. The van der Waals surface area contributed by atoms with Crippen molar-refractivity contribution in [2.75, 3.05) is 23.9 Å². The molecule has 28 heavy (non-hydrogen) atoms. The number of H-pyrrole nitrogens is 2. The highest BCUT2D eigenvalue weighted by molar-refractivity contribution is 6.04. The van der Waals surface area contributed by atoms with Gasteiger partial charge in [0, 0.05) is 18.7 Å². The summed E-state index contributed by atoms with van der Waals surface area (Å²) in [4.78, 5) is 43.5. The van der Waals surface area contributed by atoms with E-state index in [1.165, 1.54) is 0 Å². The van der Waals surface area contributed by atoms with Crippen molar-refractivity contribution >= 4 is 34.2 Å². The normalized spacial score (nSPS) is 16.6. The van der Waals surface area contributed by atoms with Crippen LogP contribution in [0.15, 0.2) is 41.2 Å². The number of nitrogens with zero attached hydrogens (tertiary/aromatic N) is 1. The molecule has 0 radical (unpaired) electrons. The Kier molecular flexibility index (Phi) is 4.38. The van der Waals surface area contributed by atoms with Crippen molar-refractivity contribution in [3.05, 3.63) is 52.4 Å². The highest BCUT2D eigenvalue weighted by Gasteiger charge is 2.36. The van der Waals surface area contributed by atoms with Gasteiger partial charge in [-0.2, -0.15) is 0 Å². The van der Waals surface area contributed by atoms with Gasteiger partial charge in [0.1, 0.15) is 5.75 Å². The molecule has 2 aromatic carbocycles. The molecule has 1 atom stereocenters. The average Bonchev–Trinajstić information content (AvgIpc) is 3.23. The zero-order chi connectivity index (χ0) is 19.8. The number of hydrogen-bond acceptors (Lipinski definition) is 4. The van der Waals surface area contributed by atoms with Crippen molar-refractivity contribution < 1.29 is 14.3 Å². The molecular formula is C20H20N4O4. The topological polar surface area (TPSA) is 107 Å². The van der Waals surface area contributed by atoms with Gasteiger partial charge in [0.05, 0.1) is 29.7 Å². The van der Waals surface area contributed by atoms with Crippen LogP contribution < -0.4 is 20.6 Å². The first-order chi connectivity index (χ1) is 13.4. The third kappa shape index (κ3) is 3.24. The minimum atomic E-state index is -0.473. The van der Waals surface area contributed by atoms with Crippen LogP contribution in [0.5, 0.6) is 5.75 Å². The first-order valence-electron chi connectivity index (χ1n) is 8.92. The van der Waals surface area contributed by atoms with E-state index in [4.69, 9.17) is 4.74 Å². The minimum Gasteiger partial charge on any atom is -0.495 e. The summed E-state index contributed by atoms with van der Waals surface area (Å²) in [6, 6.07) is 10.7. The molecule has 2 amide bonds. The molecule has 1 aliphatic rings. The standard InChI is InChI=1S/C20H20N4O4/c1-11-3-6-17(28-2)16(7-11)24-10-12(8-18(24)25)19(26)21-13-4-5-14-15(9-13)23-20(27)22-14/h3-7,9,12H,8,10H2,1-2H3,(H,21,26)(H2,22,23,27). The first-order valence-corrected chi connectivity index (χ1v) is 8.92. The summed E-state index contributed by atoms with van der Waals surface area (Å²) in [5.41, 5.74) is 3.21. The van der Waals surface area contributed by atoms with Gasteiger partial charge in [-0.3, -0.25) is 9.59 Å². The Hall–Kier alpha value is -3.55. The summed E-state index contributed by atoms with van der Waals surface area (Å²) in [5, 5.41) is 2.83. The molecule has 1 unspecified atom stereocenters. The molecule has 0 spiro atoms. The number of aryl methyl sites for hydroxylation is 1. The van der Waals surface area contributed by atoms with Gasteiger partial charge < -0.3 is 24.9 Å². The van der Waals surface area contributed by atoms with Crippen molar-refractivity contribution in [3.8, 4) is 5.75 Å². The predicted molar refractivity (Wildman–Crippen MR) is 106 cm³/mol. The third-order valence-corrected chi connectivity index (χ3v) is 4.90. The predicted octanol–water partition coefficient (Wildman–Crippen LogP) is 2.16. The summed E-state index contributed by atoms with van der Waals surface area (Å²) in [6.45, 7) is 2.23. The zero-order valence-corrected chi connectivity index (χ0v) is 15.5. The molecule has 144 valence electrons. The van der Waals surface area contributed by atoms with Gasteiger partial charge in [0.15, 0.2) is 0 Å². The monoisotopic (exact) mass is 380 g/mol. The number of rotatable bonds is 4. The number of aromatic nitrogens is 2. The van der Waals surface area contributed by atoms with Gasteiger partial charge in [0.2, 0.25) is 11.8 Å². The lowest BCUT2D eigenvalue weighted by atomic mass is 10.1. The van der Waals surface area contributed by atoms with Gasteiger partial charge in [0.25, 0.3) is 0 Å². The van der Waals surface area contributed by atoms with Gasteiger partial charge in [-0.05, 0) is 42.8 Å². The minimum absolute atomic E-state index is 0.116. The fourth-order valence-electron chi connectivity index (χ4n) is 3.48. The van der Waals surface area contributed by atoms with Crippen molar-refractivity contribution in [1.29, 1.82) is 0 Å². The Bertz CT molecular complexity index is 1130. The summed E-state index contributed by atoms with van der Waals surface area (Å²) < 4.78 is 5.37. The summed E-state index contributed by atoms with van der Waals surface area (Å²) in [5.74, 6) is -0.227. The van der Waals surface area contributed by atoms with Crippen molar-refractivity contribution in [2.45, 2.75) is 13.3 Å². The van der Waals surface area contributed by atoms with Crippen molar-refractivity contribution in [1.82, 2.24) is 9.97 Å². The van der Waals surface area contributed by atoms with Crippen LogP contribution in [0.25, 0.3) is 11.0 Å². The SMILES string of the molecule is COc1ccc(C)cc1N1CC(C(=O)Nc2ccc3[nH]c(=O)[nH]c3c2)CC1=O. The lowest BCUT2D eigenvalue weighted by molar-refractivity contribution is -0.122. The second-order valence-electron chi connectivity index (χ2n) is 6.91. The fourth-order valence-corrected chi connectivity index (χ4v) is 3.48. The van der Waals surface area contributed by atoms with Crippen LogP contribution in [0.3, 0.4) is 0 Å². The largest absolute Gasteiger partial charge is 0.495 e. The van der Waals surface area contributed by atoms with E-state index in [9.17, 15) is 14.4 Å². The average molecular weight is 380 g/mol. The van der Waals surface area contributed by atoms with Gasteiger partial charge in [-0.25, -0.2) is 4.79 Å². The smallest absolute Gasteiger partial charge is 0.323 e. The second-order valence-corrected chi connectivity index (χ2v) is 6.91. The number of methoxy groups -OCH3 is 1. The fraction of sp³-hybridized carbons (Fsp3) is 0.250. The maximum absolute atomic E-state index is 12.7. The maximum Gasteiger partial charge on any atom is 0.323 e. The lowest BCUT2D eigenvalue weighted by Crippen LogP contribution is -2.28. The molecular weight excluding hydrogens is 360 g/mol. The van der Waals surface area contributed by atoms with E-state index in [2.05, 4.69) is 15.3 Å². The maximum atomic E-state index is 12.7. The summed E-state index contributed by atoms with van der Waals surface area (Å²) >= 11 is 0. The molecule has 3 N–H and O–H groups in total. The van der Waals surface area contributed by atoms with E-state index in [0.717, 1.165) is 5.56 Å². The summed E-state index contributed by atoms with van der Waals surface area (Å²) in [6.07, 6.45) is 0.131. The van der Waals surface area contributed by atoms with Gasteiger partial charge in [-0.15, -0.1) is 0 Å². The van der Waals surface area contributed by atoms with Crippen LogP contribution in [-0.4, -0.2) is 35.4 Å². The van der Waals surface area contributed by atoms with E-state index in [1.807, 2.05) is 25.1 Å². The highest BCUT2D eigenvalue weighted by atomic mass is 16.5. The quantitative estimate of drug-likeness (QED) is 0.645. The van der Waals surface area contributed by atoms with Gasteiger partial charge in [-0.1, -0.05) is 6.07 Å². The van der Waals surface area contributed by atoms with Gasteiger partial charge >= 0.3 is 5.69 Å². The third-order valence-electron chi connectivity index (χ3n) is 4.90. The van der Waals surface area contributed by atoms with E-state index < -0.39 is 5.92 Å². The molecule has 3 aromatic rings. The number of imidazole rings is 1. The number of nitrogens with one attached hydrogen (secondary N) is 3. The molecule has 8 nitrogen and oxygen atoms in total. The Morgan fingerprint density at radius 2 is 1.93 bits per heavy atom. The molecule has 1 fully saturated rings. The molecule has 2 heterocycles. The second kappa shape index (κ2) is 6.88. The number of fused-ring (bicyclic) bond motifs is 1. The number of anilines is 2. The Balaban J connectivity index is 1.52. The Morgan fingerprint density at radius 3 is 2.71 bits per heavy atom.